The number of halogens is 1. The van der Waals surface area contributed by atoms with Crippen molar-refractivity contribution in [3.63, 3.8) is 0 Å². The molecule has 0 saturated heterocycles. The van der Waals surface area contributed by atoms with Gasteiger partial charge in [-0.15, -0.1) is 0 Å². The fraction of sp³-hybridized carbons (Fsp3) is 0.333. The Kier molecular flexibility index (Phi) is 2.94. The summed E-state index contributed by atoms with van der Waals surface area (Å²) in [4.78, 5) is 0. The fourth-order valence-corrected chi connectivity index (χ4v) is 1.37. The predicted octanol–water partition coefficient (Wildman–Crippen LogP) is 3.11. The zero-order valence-electron chi connectivity index (χ0n) is 6.47. The van der Waals surface area contributed by atoms with Crippen molar-refractivity contribution in [1.29, 1.82) is 0 Å². The van der Waals surface area contributed by atoms with Crippen LogP contribution in [0.25, 0.3) is 0 Å². The number of aromatic hydroxyl groups is 1. The van der Waals surface area contributed by atoms with E-state index in [1.165, 1.54) is 0 Å². The van der Waals surface area contributed by atoms with Gasteiger partial charge in [-0.25, -0.2) is 0 Å². The fourth-order valence-electron chi connectivity index (χ4n) is 1.02. The molecule has 0 radical (unpaired) electrons. The van der Waals surface area contributed by atoms with Crippen molar-refractivity contribution in [2.75, 3.05) is 0 Å². The van der Waals surface area contributed by atoms with Crippen molar-refractivity contribution >= 4 is 15.9 Å². The third kappa shape index (κ3) is 2.22. The molecule has 0 unspecified atom stereocenters. The van der Waals surface area contributed by atoms with Crippen molar-refractivity contribution in [2.45, 2.75) is 19.8 Å². The molecule has 0 spiro atoms. The molecule has 0 aliphatic carbocycles. The highest BCUT2D eigenvalue weighted by Gasteiger charge is 1.98. The Balaban J connectivity index is 2.90. The molecule has 0 fully saturated rings. The minimum absolute atomic E-state index is 0.390. The molecule has 0 aliphatic rings. The molecule has 0 aliphatic heterocycles. The van der Waals surface area contributed by atoms with E-state index in [0.29, 0.717) is 5.75 Å². The first-order valence-electron chi connectivity index (χ1n) is 3.71. The van der Waals surface area contributed by atoms with E-state index < -0.39 is 0 Å². The molecule has 1 rings (SSSR count). The van der Waals surface area contributed by atoms with Crippen LogP contribution in [0.15, 0.2) is 22.7 Å². The van der Waals surface area contributed by atoms with Gasteiger partial charge in [0.15, 0.2) is 0 Å². The zero-order chi connectivity index (χ0) is 8.27. The van der Waals surface area contributed by atoms with Gasteiger partial charge in [0.25, 0.3) is 0 Å². The summed E-state index contributed by atoms with van der Waals surface area (Å²) in [6, 6.07) is 5.62. The zero-order valence-corrected chi connectivity index (χ0v) is 8.06. The summed E-state index contributed by atoms with van der Waals surface area (Å²) in [5, 5.41) is 9.39. The van der Waals surface area contributed by atoms with Gasteiger partial charge in [-0.05, 0) is 24.1 Å². The summed E-state index contributed by atoms with van der Waals surface area (Å²) in [5.41, 5.74) is 1.02. The molecule has 0 bridgehead atoms. The van der Waals surface area contributed by atoms with E-state index >= 15 is 0 Å². The van der Waals surface area contributed by atoms with Crippen LogP contribution in [0.5, 0.6) is 5.75 Å². The van der Waals surface area contributed by atoms with Crippen LogP contribution in [-0.2, 0) is 6.42 Å². The SMILES string of the molecule is CCCc1ccc(Br)cc1O. The van der Waals surface area contributed by atoms with Crippen LogP contribution in [0.1, 0.15) is 18.9 Å². The number of aryl methyl sites for hydroxylation is 1. The highest BCUT2D eigenvalue weighted by atomic mass is 79.9. The van der Waals surface area contributed by atoms with Gasteiger partial charge in [-0.1, -0.05) is 35.3 Å². The van der Waals surface area contributed by atoms with Crippen molar-refractivity contribution in [3.05, 3.63) is 28.2 Å². The topological polar surface area (TPSA) is 20.2 Å². The van der Waals surface area contributed by atoms with Crippen LogP contribution in [0.2, 0.25) is 0 Å². The Morgan fingerprint density at radius 3 is 2.73 bits per heavy atom. The molecule has 0 amide bonds. The molecule has 60 valence electrons. The minimum Gasteiger partial charge on any atom is -0.508 e. The molecule has 2 heteroatoms. The Labute approximate surface area is 75.2 Å². The van der Waals surface area contributed by atoms with Crippen LogP contribution in [-0.4, -0.2) is 5.11 Å². The Bertz CT molecular complexity index is 245. The number of phenolic OH excluding ortho intramolecular Hbond substituents is 1. The average molecular weight is 215 g/mol. The van der Waals surface area contributed by atoms with Crippen molar-refractivity contribution in [2.24, 2.45) is 0 Å². The summed E-state index contributed by atoms with van der Waals surface area (Å²) < 4.78 is 0.926. The number of rotatable bonds is 2. The van der Waals surface area contributed by atoms with Gasteiger partial charge >= 0.3 is 0 Å². The Hall–Kier alpha value is -0.500. The van der Waals surface area contributed by atoms with E-state index in [2.05, 4.69) is 22.9 Å². The number of benzene rings is 1. The van der Waals surface area contributed by atoms with Gasteiger partial charge in [0.2, 0.25) is 0 Å². The maximum Gasteiger partial charge on any atom is 0.119 e. The average Bonchev–Trinajstić information content (AvgIpc) is 1.95. The van der Waals surface area contributed by atoms with Crippen molar-refractivity contribution in [1.82, 2.24) is 0 Å². The Morgan fingerprint density at radius 1 is 1.45 bits per heavy atom. The summed E-state index contributed by atoms with van der Waals surface area (Å²) in [6.07, 6.45) is 2.01. The second kappa shape index (κ2) is 3.77. The summed E-state index contributed by atoms with van der Waals surface area (Å²) in [6.45, 7) is 2.10. The molecule has 1 aromatic carbocycles. The Morgan fingerprint density at radius 2 is 2.18 bits per heavy atom. The second-order valence-corrected chi connectivity index (χ2v) is 3.44. The van der Waals surface area contributed by atoms with Crippen LogP contribution < -0.4 is 0 Å². The van der Waals surface area contributed by atoms with Crippen LogP contribution >= 0.6 is 15.9 Å². The highest BCUT2D eigenvalue weighted by Crippen LogP contribution is 2.22. The molecule has 0 saturated carbocycles. The van der Waals surface area contributed by atoms with Gasteiger partial charge in [0, 0.05) is 4.47 Å². The molecular weight excluding hydrogens is 204 g/mol. The van der Waals surface area contributed by atoms with E-state index in [4.69, 9.17) is 0 Å². The lowest BCUT2D eigenvalue weighted by Gasteiger charge is -2.01. The lowest BCUT2D eigenvalue weighted by atomic mass is 10.1. The first-order chi connectivity index (χ1) is 5.24. The van der Waals surface area contributed by atoms with E-state index in [-0.39, 0.29) is 0 Å². The summed E-state index contributed by atoms with van der Waals surface area (Å²) >= 11 is 3.29. The monoisotopic (exact) mass is 214 g/mol. The smallest absolute Gasteiger partial charge is 0.119 e. The normalized spacial score (nSPS) is 10.0. The van der Waals surface area contributed by atoms with E-state index in [9.17, 15) is 5.11 Å². The van der Waals surface area contributed by atoms with Gasteiger partial charge in [-0.2, -0.15) is 0 Å². The molecule has 0 atom stereocenters. The summed E-state index contributed by atoms with van der Waals surface area (Å²) in [5.74, 6) is 0.390. The highest BCUT2D eigenvalue weighted by molar-refractivity contribution is 9.10. The number of hydrogen-bond acceptors (Lipinski definition) is 1. The maximum atomic E-state index is 9.39. The van der Waals surface area contributed by atoms with Gasteiger partial charge in [0.05, 0.1) is 0 Å². The van der Waals surface area contributed by atoms with E-state index in [1.807, 2.05) is 12.1 Å². The first kappa shape index (κ1) is 8.60. The molecule has 1 N–H and O–H groups in total. The maximum absolute atomic E-state index is 9.39. The number of phenols is 1. The van der Waals surface area contributed by atoms with Crippen LogP contribution in [0.4, 0.5) is 0 Å². The van der Waals surface area contributed by atoms with E-state index in [0.717, 1.165) is 22.9 Å². The van der Waals surface area contributed by atoms with Crippen molar-refractivity contribution in [3.8, 4) is 5.75 Å². The predicted molar refractivity (Wildman–Crippen MR) is 49.8 cm³/mol. The van der Waals surface area contributed by atoms with Crippen LogP contribution in [0.3, 0.4) is 0 Å². The largest absolute Gasteiger partial charge is 0.508 e. The third-order valence-corrected chi connectivity index (χ3v) is 2.06. The van der Waals surface area contributed by atoms with E-state index in [1.54, 1.807) is 6.07 Å². The number of hydrogen-bond donors (Lipinski definition) is 1. The van der Waals surface area contributed by atoms with Crippen LogP contribution in [0, 0.1) is 0 Å². The molecule has 0 heterocycles. The molecule has 1 nitrogen and oxygen atoms in total. The van der Waals surface area contributed by atoms with Crippen molar-refractivity contribution < 1.29 is 5.11 Å². The van der Waals surface area contributed by atoms with Gasteiger partial charge < -0.3 is 5.11 Å². The summed E-state index contributed by atoms with van der Waals surface area (Å²) in [7, 11) is 0. The molecule has 0 aromatic heterocycles. The quantitative estimate of drug-likeness (QED) is 0.803. The second-order valence-electron chi connectivity index (χ2n) is 2.52. The molecule has 1 aromatic rings. The molecule has 11 heavy (non-hydrogen) atoms. The lowest BCUT2D eigenvalue weighted by Crippen LogP contribution is -1.83. The third-order valence-electron chi connectivity index (χ3n) is 1.57. The van der Waals surface area contributed by atoms with Gasteiger partial charge in [-0.3, -0.25) is 0 Å². The standard InChI is InChI=1S/C9H11BrO/c1-2-3-7-4-5-8(10)6-9(7)11/h4-6,11H,2-3H2,1H3. The molecular formula is C9H11BrO. The van der Waals surface area contributed by atoms with Gasteiger partial charge in [0.1, 0.15) is 5.75 Å². The first-order valence-corrected chi connectivity index (χ1v) is 4.50. The lowest BCUT2D eigenvalue weighted by molar-refractivity contribution is 0.467. The minimum atomic E-state index is 0.390.